The Hall–Kier alpha value is -4.61. The van der Waals surface area contributed by atoms with Crippen molar-refractivity contribution in [2.45, 2.75) is 64.1 Å². The predicted octanol–water partition coefficient (Wildman–Crippen LogP) is 5.10. The lowest BCUT2D eigenvalue weighted by molar-refractivity contribution is -0.146. The van der Waals surface area contributed by atoms with Crippen LogP contribution in [0.3, 0.4) is 0 Å². The highest BCUT2D eigenvalue weighted by Gasteiger charge is 2.66. The number of ether oxygens (including phenoxy) is 2. The molecule has 0 radical (unpaired) electrons. The van der Waals surface area contributed by atoms with Gasteiger partial charge in [0, 0.05) is 48.9 Å². The minimum Gasteiger partial charge on any atom is -0.482 e. The van der Waals surface area contributed by atoms with Crippen LogP contribution in [0.2, 0.25) is 0 Å². The third-order valence-electron chi connectivity index (χ3n) is 9.71. The van der Waals surface area contributed by atoms with E-state index in [9.17, 15) is 14.7 Å². The number of anilines is 3. The second kappa shape index (κ2) is 11.9. The Morgan fingerprint density at radius 1 is 1.02 bits per heavy atom. The molecule has 1 fully saturated rings. The van der Waals surface area contributed by atoms with E-state index in [-0.39, 0.29) is 31.6 Å². The molecule has 1 aromatic heterocycles. The number of aryl methyl sites for hydroxylation is 1. The first-order chi connectivity index (χ1) is 22.6. The molecule has 7 rings (SSSR count). The molecule has 1 saturated heterocycles. The summed E-state index contributed by atoms with van der Waals surface area (Å²) in [6, 6.07) is 22.6. The number of para-hydroxylation sites is 3. The van der Waals surface area contributed by atoms with Crippen molar-refractivity contribution in [1.82, 2.24) is 15.0 Å². The van der Waals surface area contributed by atoms with Gasteiger partial charge >= 0.3 is 0 Å². The topological polar surface area (TPSA) is 110 Å². The lowest BCUT2D eigenvalue weighted by Gasteiger charge is -2.32. The van der Waals surface area contributed by atoms with Crippen LogP contribution in [0.4, 0.5) is 21.5 Å². The summed E-state index contributed by atoms with van der Waals surface area (Å²) < 4.78 is 30.1. The second-order valence-corrected chi connectivity index (χ2v) is 13.1. The zero-order chi connectivity index (χ0) is 32.9. The van der Waals surface area contributed by atoms with Gasteiger partial charge in [0.05, 0.1) is 29.7 Å². The van der Waals surface area contributed by atoms with Gasteiger partial charge in [-0.25, -0.2) is 4.39 Å². The summed E-state index contributed by atoms with van der Waals surface area (Å²) in [7, 11) is 0. The Morgan fingerprint density at radius 3 is 2.49 bits per heavy atom. The van der Waals surface area contributed by atoms with E-state index in [0.29, 0.717) is 42.2 Å². The van der Waals surface area contributed by atoms with Crippen molar-refractivity contribution < 1.29 is 28.6 Å². The monoisotopic (exact) mass is 639 g/mol. The number of benzene rings is 3. The predicted molar refractivity (Wildman–Crippen MR) is 173 cm³/mol. The highest BCUT2D eigenvalue weighted by Crippen LogP contribution is 2.58. The van der Waals surface area contributed by atoms with Crippen molar-refractivity contribution in [3.05, 3.63) is 95.8 Å². The second-order valence-electron chi connectivity index (χ2n) is 13.1. The Morgan fingerprint density at radius 2 is 1.74 bits per heavy atom. The molecule has 244 valence electrons. The first kappa shape index (κ1) is 31.0. The fraction of sp³-hybridized carbons (Fsp3) is 0.389. The molecule has 2 amide bonds. The van der Waals surface area contributed by atoms with E-state index in [1.807, 2.05) is 79.7 Å². The molecule has 0 bridgehead atoms. The summed E-state index contributed by atoms with van der Waals surface area (Å²) in [5.41, 5.74) is 1.46. The Kier molecular flexibility index (Phi) is 7.84. The first-order valence-electron chi connectivity index (χ1n) is 16.0. The van der Waals surface area contributed by atoms with E-state index < -0.39 is 29.2 Å². The number of aliphatic hydroxyl groups is 1. The maximum atomic E-state index is 16.0. The molecule has 3 aliphatic heterocycles. The van der Waals surface area contributed by atoms with Gasteiger partial charge in [0.25, 0.3) is 11.8 Å². The lowest BCUT2D eigenvalue weighted by Crippen LogP contribution is -2.45. The zero-order valence-corrected chi connectivity index (χ0v) is 26.7. The molecule has 11 heteroatoms. The van der Waals surface area contributed by atoms with Crippen molar-refractivity contribution in [3.8, 4) is 5.75 Å². The molecule has 4 heterocycles. The third kappa shape index (κ3) is 5.27. The number of hydrogen-bond acceptors (Lipinski definition) is 7. The molecule has 3 aromatic carbocycles. The number of fused-ring (bicyclic) bond motifs is 3. The van der Waals surface area contributed by atoms with Crippen LogP contribution in [0.1, 0.15) is 44.0 Å². The Labute approximate surface area is 272 Å². The summed E-state index contributed by atoms with van der Waals surface area (Å²) in [6.07, 6.45) is 2.06. The maximum absolute atomic E-state index is 16.0. The minimum absolute atomic E-state index is 0.0210. The molecular formula is C36H38FN5O5. The molecule has 0 aliphatic carbocycles. The van der Waals surface area contributed by atoms with Crippen molar-refractivity contribution in [2.75, 3.05) is 23.0 Å². The number of rotatable bonds is 9. The summed E-state index contributed by atoms with van der Waals surface area (Å²) >= 11 is 0. The van der Waals surface area contributed by atoms with Gasteiger partial charge in [-0.3, -0.25) is 19.2 Å². The van der Waals surface area contributed by atoms with Crippen molar-refractivity contribution in [1.29, 1.82) is 0 Å². The normalized spacial score (nSPS) is 23.7. The number of aliphatic hydroxyl groups excluding tert-OH is 1. The molecule has 10 nitrogen and oxygen atoms in total. The number of alkyl halides is 1. The first-order valence-corrected chi connectivity index (χ1v) is 16.0. The smallest absolute Gasteiger partial charge is 0.269 e. The van der Waals surface area contributed by atoms with Gasteiger partial charge in [-0.15, -0.1) is 5.10 Å². The fourth-order valence-electron chi connectivity index (χ4n) is 7.68. The summed E-state index contributed by atoms with van der Waals surface area (Å²) in [4.78, 5) is 30.9. The van der Waals surface area contributed by atoms with E-state index in [0.717, 1.165) is 16.8 Å². The average molecular weight is 640 g/mol. The number of amides is 2. The molecule has 4 aromatic rings. The van der Waals surface area contributed by atoms with Crippen molar-refractivity contribution in [3.63, 3.8) is 0 Å². The Bertz CT molecular complexity index is 1800. The lowest BCUT2D eigenvalue weighted by atomic mass is 9.71. The van der Waals surface area contributed by atoms with E-state index in [2.05, 4.69) is 10.3 Å². The van der Waals surface area contributed by atoms with Gasteiger partial charge in [-0.2, -0.15) is 0 Å². The highest BCUT2D eigenvalue weighted by atomic mass is 19.1. The number of nitrogens with zero attached hydrogens (tertiary/aromatic N) is 5. The van der Waals surface area contributed by atoms with Gasteiger partial charge in [0.2, 0.25) is 0 Å². The van der Waals surface area contributed by atoms with Crippen LogP contribution >= 0.6 is 0 Å². The SMILES string of the molecule is C[C@H]1[C@H](C(C)(C)F)[C@@H](CCn2cc(CCO)nn2)O[C@]12C(=O)N(Cc1ccc(N3C(=O)COc4ccccc43)cc1)c1ccccc12. The van der Waals surface area contributed by atoms with Gasteiger partial charge in [-0.05, 0) is 56.2 Å². The van der Waals surface area contributed by atoms with Gasteiger partial charge < -0.3 is 19.5 Å². The van der Waals surface area contributed by atoms with Crippen LogP contribution in [0.15, 0.2) is 79.0 Å². The van der Waals surface area contributed by atoms with Gasteiger partial charge in [0.15, 0.2) is 12.2 Å². The molecular weight excluding hydrogens is 601 g/mol. The standard InChI is InChI=1S/C36H38FN5O5/c1-23-33(35(2,3)37)31(16-18-40-21-25(17-19-43)38-39-40)47-36(23)27-8-4-5-9-28(27)41(34(36)45)20-24-12-14-26(15-13-24)42-29-10-6-7-11-30(29)46-22-32(42)44/h4-15,21,23,31,33,43H,16-20,22H2,1-3H3/t23-,31+,33-,36+/m0/s1. The quantitative estimate of drug-likeness (QED) is 0.271. The fourth-order valence-corrected chi connectivity index (χ4v) is 7.68. The molecule has 1 spiro atoms. The molecule has 1 N–H and O–H groups in total. The number of carbonyl (C=O) groups excluding carboxylic acids is 2. The van der Waals surface area contributed by atoms with Gasteiger partial charge in [-0.1, -0.05) is 54.6 Å². The number of hydrogen-bond donors (Lipinski definition) is 1. The van der Waals surface area contributed by atoms with Crippen LogP contribution < -0.4 is 14.5 Å². The molecule has 0 unspecified atom stereocenters. The largest absolute Gasteiger partial charge is 0.482 e. The summed E-state index contributed by atoms with van der Waals surface area (Å²) in [5, 5.41) is 17.5. The highest BCUT2D eigenvalue weighted by molar-refractivity contribution is 6.07. The average Bonchev–Trinajstić information content (AvgIpc) is 3.70. The van der Waals surface area contributed by atoms with Crippen molar-refractivity contribution >= 4 is 28.9 Å². The van der Waals surface area contributed by atoms with Crippen molar-refractivity contribution in [2.24, 2.45) is 11.8 Å². The zero-order valence-electron chi connectivity index (χ0n) is 26.7. The molecule has 0 saturated carbocycles. The van der Waals surface area contributed by atoms with E-state index in [1.165, 1.54) is 0 Å². The number of halogens is 1. The van der Waals surface area contributed by atoms with Crippen LogP contribution in [0, 0.1) is 11.8 Å². The minimum atomic E-state index is -1.62. The molecule has 4 atom stereocenters. The van der Waals surface area contributed by atoms with Crippen LogP contribution in [-0.4, -0.2) is 56.9 Å². The van der Waals surface area contributed by atoms with E-state index in [4.69, 9.17) is 9.47 Å². The number of aromatic nitrogens is 3. The van der Waals surface area contributed by atoms with E-state index >= 15 is 4.39 Å². The van der Waals surface area contributed by atoms with Gasteiger partial charge in [0.1, 0.15) is 11.4 Å². The van der Waals surface area contributed by atoms with Crippen LogP contribution in [-0.2, 0) is 39.4 Å². The third-order valence-corrected chi connectivity index (χ3v) is 9.71. The molecule has 3 aliphatic rings. The van der Waals surface area contributed by atoms with Crippen LogP contribution in [0.25, 0.3) is 0 Å². The Balaban J connectivity index is 1.16. The van der Waals surface area contributed by atoms with E-state index in [1.54, 1.807) is 34.5 Å². The van der Waals surface area contributed by atoms with Crippen LogP contribution in [0.5, 0.6) is 5.75 Å². The summed E-state index contributed by atoms with van der Waals surface area (Å²) in [6.45, 7) is 5.68. The maximum Gasteiger partial charge on any atom is 0.269 e. The number of carbonyl (C=O) groups is 2. The summed E-state index contributed by atoms with van der Waals surface area (Å²) in [5.74, 6) is -0.749. The molecule has 47 heavy (non-hydrogen) atoms.